The average Bonchev–Trinajstić information content (AvgIpc) is 2.53. The van der Waals surface area contributed by atoms with Crippen LogP contribution in [0.25, 0.3) is 0 Å². The second-order valence-corrected chi connectivity index (χ2v) is 5.75. The number of hydrogen-bond acceptors (Lipinski definition) is 4. The van der Waals surface area contributed by atoms with Crippen LogP contribution in [0.3, 0.4) is 0 Å². The van der Waals surface area contributed by atoms with Gasteiger partial charge in [0.2, 0.25) is 10.0 Å². The summed E-state index contributed by atoms with van der Waals surface area (Å²) in [5.74, 6) is 0.670. The molecule has 0 aliphatic heterocycles. The van der Waals surface area contributed by atoms with Crippen LogP contribution in [0.4, 0.5) is 0 Å². The molecule has 80 valence electrons. The van der Waals surface area contributed by atoms with E-state index in [1.165, 1.54) is 11.4 Å². The number of nitrogens with zero attached hydrogens (tertiary/aromatic N) is 2. The number of rotatable bonds is 4. The van der Waals surface area contributed by atoms with Crippen molar-refractivity contribution in [2.24, 2.45) is 0 Å². The molecule has 0 fully saturated rings. The Kier molecular flexibility index (Phi) is 3.57. The van der Waals surface area contributed by atoms with Gasteiger partial charge in [-0.1, -0.05) is 0 Å². The van der Waals surface area contributed by atoms with E-state index in [4.69, 9.17) is 0 Å². The van der Waals surface area contributed by atoms with Crippen LogP contribution < -0.4 is 0 Å². The van der Waals surface area contributed by atoms with Crippen molar-refractivity contribution in [3.05, 3.63) is 18.2 Å². The lowest BCUT2D eigenvalue weighted by atomic mass is 10.4. The number of H-pyrrole nitrogens is 1. The number of imidazole rings is 1. The molecule has 1 rings (SSSR count). The summed E-state index contributed by atoms with van der Waals surface area (Å²) in [7, 11) is -1.63. The van der Waals surface area contributed by atoms with E-state index in [0.29, 0.717) is 12.4 Å². The first-order chi connectivity index (χ1) is 6.41. The topological polar surface area (TPSA) is 66.1 Å². The van der Waals surface area contributed by atoms with E-state index in [9.17, 15) is 8.42 Å². The van der Waals surface area contributed by atoms with E-state index in [-0.39, 0.29) is 5.25 Å². The smallest absolute Gasteiger partial charge is 0.210 e. The number of thiol groups is 1. The van der Waals surface area contributed by atoms with Crippen LogP contribution in [0.1, 0.15) is 11.1 Å². The maximum Gasteiger partial charge on any atom is 0.210 e. The first-order valence-corrected chi connectivity index (χ1v) is 6.36. The van der Waals surface area contributed by atoms with Gasteiger partial charge in [-0.25, -0.2) is 17.7 Å². The molecular weight excluding hydrogens is 222 g/mol. The van der Waals surface area contributed by atoms with Crippen molar-refractivity contribution in [2.45, 2.75) is 5.25 Å². The maximum atomic E-state index is 11.1. The van der Waals surface area contributed by atoms with Gasteiger partial charge in [0, 0.05) is 26.0 Å². The molecule has 1 aromatic rings. The molecule has 1 atom stereocenters. The molecule has 5 nitrogen and oxygen atoms in total. The standard InChI is InChI=1S/C7H13N3O2S2/c1-10(14(2,11)12)5-6(13)7-8-3-4-9-7/h3-4,6,13H,5H2,1-2H3,(H,8,9). The molecule has 1 heterocycles. The number of aromatic amines is 1. The Bertz CT molecular complexity index is 374. The van der Waals surface area contributed by atoms with Gasteiger partial charge in [-0.05, 0) is 0 Å². The minimum Gasteiger partial charge on any atom is -0.348 e. The van der Waals surface area contributed by atoms with Crippen LogP contribution in [0, 0.1) is 0 Å². The van der Waals surface area contributed by atoms with Crippen molar-refractivity contribution in [1.29, 1.82) is 0 Å². The van der Waals surface area contributed by atoms with Gasteiger partial charge in [-0.2, -0.15) is 12.6 Å². The number of nitrogens with one attached hydrogen (secondary N) is 1. The lowest BCUT2D eigenvalue weighted by molar-refractivity contribution is 0.472. The molecule has 1 aromatic heterocycles. The Morgan fingerprint density at radius 3 is 2.79 bits per heavy atom. The number of sulfonamides is 1. The highest BCUT2D eigenvalue weighted by atomic mass is 32.2. The van der Waals surface area contributed by atoms with Crippen molar-refractivity contribution in [3.8, 4) is 0 Å². The summed E-state index contributed by atoms with van der Waals surface area (Å²) >= 11 is 4.26. The third-order valence-electron chi connectivity index (χ3n) is 1.83. The van der Waals surface area contributed by atoms with Gasteiger partial charge >= 0.3 is 0 Å². The molecule has 0 aliphatic carbocycles. The van der Waals surface area contributed by atoms with E-state index in [0.717, 1.165) is 6.26 Å². The Balaban J connectivity index is 2.62. The van der Waals surface area contributed by atoms with Gasteiger partial charge < -0.3 is 4.98 Å². The van der Waals surface area contributed by atoms with Crippen molar-refractivity contribution >= 4 is 22.7 Å². The molecular formula is C7H13N3O2S2. The Hall–Kier alpha value is -0.530. The molecule has 7 heteroatoms. The summed E-state index contributed by atoms with van der Waals surface area (Å²) in [6, 6.07) is 0. The minimum atomic E-state index is -3.15. The Morgan fingerprint density at radius 2 is 2.36 bits per heavy atom. The predicted molar refractivity (Wildman–Crippen MR) is 57.8 cm³/mol. The summed E-state index contributed by atoms with van der Waals surface area (Å²) in [5, 5.41) is -0.232. The quantitative estimate of drug-likeness (QED) is 0.736. The maximum absolute atomic E-state index is 11.1. The molecule has 0 aliphatic rings. The van der Waals surface area contributed by atoms with Crippen molar-refractivity contribution in [3.63, 3.8) is 0 Å². The summed E-state index contributed by atoms with van der Waals surface area (Å²) < 4.78 is 23.4. The van der Waals surface area contributed by atoms with Gasteiger partial charge in [0.15, 0.2) is 0 Å². The van der Waals surface area contributed by atoms with Crippen molar-refractivity contribution in [1.82, 2.24) is 14.3 Å². The SMILES string of the molecule is CN(CC(S)c1ncc[nH]1)S(C)(=O)=O. The van der Waals surface area contributed by atoms with Crippen LogP contribution in [-0.2, 0) is 10.0 Å². The average molecular weight is 235 g/mol. The second kappa shape index (κ2) is 4.33. The zero-order chi connectivity index (χ0) is 10.8. The molecule has 1 unspecified atom stereocenters. The molecule has 0 radical (unpaired) electrons. The first-order valence-electron chi connectivity index (χ1n) is 4.00. The predicted octanol–water partition coefficient (Wildman–Crippen LogP) is 0.272. The monoisotopic (exact) mass is 235 g/mol. The van der Waals surface area contributed by atoms with Crippen LogP contribution >= 0.6 is 12.6 Å². The summed E-state index contributed by atoms with van der Waals surface area (Å²) in [4.78, 5) is 6.88. The van der Waals surface area contributed by atoms with Crippen LogP contribution in [0.5, 0.6) is 0 Å². The molecule has 0 spiro atoms. The minimum absolute atomic E-state index is 0.232. The highest BCUT2D eigenvalue weighted by Gasteiger charge is 2.17. The molecule has 0 saturated carbocycles. The third-order valence-corrected chi connectivity index (χ3v) is 3.52. The summed E-state index contributed by atoms with van der Waals surface area (Å²) in [5.41, 5.74) is 0. The first kappa shape index (κ1) is 11.5. The van der Waals surface area contributed by atoms with E-state index in [1.807, 2.05) is 0 Å². The van der Waals surface area contributed by atoms with Crippen LogP contribution in [0.2, 0.25) is 0 Å². The van der Waals surface area contributed by atoms with Crippen LogP contribution in [0.15, 0.2) is 12.4 Å². The van der Waals surface area contributed by atoms with Crippen molar-refractivity contribution in [2.75, 3.05) is 19.8 Å². The zero-order valence-corrected chi connectivity index (χ0v) is 9.72. The van der Waals surface area contributed by atoms with Gasteiger partial charge in [0.05, 0.1) is 11.5 Å². The Labute approximate surface area is 89.0 Å². The van der Waals surface area contributed by atoms with Crippen molar-refractivity contribution < 1.29 is 8.42 Å². The Morgan fingerprint density at radius 1 is 1.71 bits per heavy atom. The third kappa shape index (κ3) is 3.00. The normalized spacial score (nSPS) is 14.6. The zero-order valence-electron chi connectivity index (χ0n) is 8.01. The number of aromatic nitrogens is 2. The van der Waals surface area contributed by atoms with E-state index in [1.54, 1.807) is 12.4 Å². The van der Waals surface area contributed by atoms with E-state index < -0.39 is 10.0 Å². The number of likely N-dealkylation sites (N-methyl/N-ethyl adjacent to an activating group) is 1. The van der Waals surface area contributed by atoms with Gasteiger partial charge in [-0.3, -0.25) is 0 Å². The summed E-state index contributed by atoms with van der Waals surface area (Å²) in [6.07, 6.45) is 4.45. The fourth-order valence-electron chi connectivity index (χ4n) is 0.925. The molecule has 0 bridgehead atoms. The highest BCUT2D eigenvalue weighted by molar-refractivity contribution is 7.88. The molecule has 14 heavy (non-hydrogen) atoms. The molecule has 1 N–H and O–H groups in total. The molecule has 0 aromatic carbocycles. The fraction of sp³-hybridized carbons (Fsp3) is 0.571. The molecule has 0 saturated heterocycles. The summed E-state index contributed by atoms with van der Waals surface area (Å²) in [6.45, 7) is 0.301. The van der Waals surface area contributed by atoms with E-state index in [2.05, 4.69) is 22.6 Å². The highest BCUT2D eigenvalue weighted by Crippen LogP contribution is 2.17. The van der Waals surface area contributed by atoms with Gasteiger partial charge in [0.25, 0.3) is 0 Å². The van der Waals surface area contributed by atoms with E-state index >= 15 is 0 Å². The fourth-order valence-corrected chi connectivity index (χ4v) is 1.84. The van der Waals surface area contributed by atoms with Crippen LogP contribution in [-0.4, -0.2) is 42.5 Å². The molecule has 0 amide bonds. The number of hydrogen-bond donors (Lipinski definition) is 2. The largest absolute Gasteiger partial charge is 0.348 e. The van der Waals surface area contributed by atoms with Gasteiger partial charge in [-0.15, -0.1) is 0 Å². The van der Waals surface area contributed by atoms with Gasteiger partial charge in [0.1, 0.15) is 5.82 Å². The lowest BCUT2D eigenvalue weighted by Gasteiger charge is -2.17. The second-order valence-electron chi connectivity index (χ2n) is 3.03. The lowest BCUT2D eigenvalue weighted by Crippen LogP contribution is -2.29.